The summed E-state index contributed by atoms with van der Waals surface area (Å²) in [5.74, 6) is -0.580. The van der Waals surface area contributed by atoms with Crippen LogP contribution in [0.4, 0.5) is 10.1 Å². The van der Waals surface area contributed by atoms with Gasteiger partial charge in [-0.1, -0.05) is 12.8 Å². The largest absolute Gasteiger partial charge is 0.456 e. The molecule has 21 heavy (non-hydrogen) atoms. The Morgan fingerprint density at radius 2 is 2.19 bits per heavy atom. The number of anilines is 1. The first kappa shape index (κ1) is 15.4. The fourth-order valence-corrected chi connectivity index (χ4v) is 2.87. The molecule has 1 fully saturated rings. The summed E-state index contributed by atoms with van der Waals surface area (Å²) in [5.41, 5.74) is 0. The van der Waals surface area contributed by atoms with Crippen LogP contribution in [0.25, 0.3) is 0 Å². The van der Waals surface area contributed by atoms with Gasteiger partial charge in [-0.3, -0.25) is 25.0 Å². The Morgan fingerprint density at radius 3 is 2.81 bits per heavy atom. The highest BCUT2D eigenvalue weighted by atomic mass is 32.1. The maximum absolute atomic E-state index is 11.5. The summed E-state index contributed by atoms with van der Waals surface area (Å²) in [6, 6.07) is 0. The average molecular weight is 313 g/mol. The van der Waals surface area contributed by atoms with Gasteiger partial charge in [0.05, 0.1) is 4.92 Å². The van der Waals surface area contributed by atoms with E-state index in [0.717, 1.165) is 43.2 Å². The van der Waals surface area contributed by atoms with Crippen LogP contribution in [-0.4, -0.2) is 28.4 Å². The zero-order chi connectivity index (χ0) is 15.2. The lowest BCUT2D eigenvalue weighted by molar-refractivity contribution is -0.380. The van der Waals surface area contributed by atoms with E-state index in [1.165, 1.54) is 0 Å². The van der Waals surface area contributed by atoms with Crippen molar-refractivity contribution >= 4 is 33.3 Å². The zero-order valence-corrected chi connectivity index (χ0v) is 12.1. The molecule has 0 saturated heterocycles. The Kier molecular flexibility index (Phi) is 5.20. The molecule has 1 aliphatic carbocycles. The van der Waals surface area contributed by atoms with Crippen LogP contribution in [-0.2, 0) is 14.3 Å². The van der Waals surface area contributed by atoms with Gasteiger partial charge in [-0.2, -0.15) is 0 Å². The number of rotatable bonds is 6. The van der Waals surface area contributed by atoms with Crippen molar-refractivity contribution in [2.24, 2.45) is 5.92 Å². The topological polar surface area (TPSA) is 111 Å². The predicted molar refractivity (Wildman–Crippen MR) is 74.9 cm³/mol. The van der Waals surface area contributed by atoms with Gasteiger partial charge < -0.3 is 4.74 Å². The van der Waals surface area contributed by atoms with Gasteiger partial charge in [0, 0.05) is 6.42 Å². The number of nitrogens with one attached hydrogen (secondary N) is 1. The maximum Gasteiger partial charge on any atom is 0.345 e. The fraction of sp³-hybridized carbons (Fsp3) is 0.583. The highest BCUT2D eigenvalue weighted by molar-refractivity contribution is 7.18. The summed E-state index contributed by atoms with van der Waals surface area (Å²) in [6.45, 7) is -0.404. The van der Waals surface area contributed by atoms with Gasteiger partial charge in [0.25, 0.3) is 5.91 Å². The SMILES string of the molecule is O=C(COC(=O)CC1CCCC1)Nc1ncc([N+](=O)[O-])s1. The number of aromatic nitrogens is 1. The molecule has 1 N–H and O–H groups in total. The number of hydrogen-bond donors (Lipinski definition) is 1. The monoisotopic (exact) mass is 313 g/mol. The van der Waals surface area contributed by atoms with E-state index in [1.54, 1.807) is 0 Å². The number of carbonyl (C=O) groups is 2. The summed E-state index contributed by atoms with van der Waals surface area (Å²) in [6.07, 6.45) is 5.75. The van der Waals surface area contributed by atoms with Gasteiger partial charge >= 0.3 is 11.0 Å². The molecule has 0 aromatic carbocycles. The number of nitro groups is 1. The molecular weight excluding hydrogens is 298 g/mol. The van der Waals surface area contributed by atoms with Crippen LogP contribution in [0.5, 0.6) is 0 Å². The van der Waals surface area contributed by atoms with Gasteiger partial charge in [-0.15, -0.1) is 0 Å². The summed E-state index contributed by atoms with van der Waals surface area (Å²) in [5, 5.41) is 12.8. The van der Waals surface area contributed by atoms with Gasteiger partial charge in [0.1, 0.15) is 6.20 Å². The predicted octanol–water partition coefficient (Wildman–Crippen LogP) is 2.11. The Labute approximate surface area is 124 Å². The first-order valence-corrected chi connectivity index (χ1v) is 7.42. The third-order valence-corrected chi connectivity index (χ3v) is 4.08. The summed E-state index contributed by atoms with van der Waals surface area (Å²) >= 11 is 0.747. The molecule has 9 heteroatoms. The van der Waals surface area contributed by atoms with Crippen molar-refractivity contribution in [1.82, 2.24) is 4.98 Å². The van der Waals surface area contributed by atoms with E-state index >= 15 is 0 Å². The van der Waals surface area contributed by atoms with Crippen LogP contribution in [0.15, 0.2) is 6.20 Å². The molecule has 0 bridgehead atoms. The summed E-state index contributed by atoms with van der Waals surface area (Å²) < 4.78 is 4.88. The molecule has 1 aliphatic rings. The van der Waals surface area contributed by atoms with Crippen molar-refractivity contribution in [3.05, 3.63) is 16.3 Å². The summed E-state index contributed by atoms with van der Waals surface area (Å²) in [7, 11) is 0. The Hall–Kier alpha value is -2.03. The lowest BCUT2D eigenvalue weighted by atomic mass is 10.1. The molecule has 0 unspecified atom stereocenters. The smallest absolute Gasteiger partial charge is 0.345 e. The van der Waals surface area contributed by atoms with Crippen molar-refractivity contribution in [3.63, 3.8) is 0 Å². The Morgan fingerprint density at radius 1 is 1.48 bits per heavy atom. The fourth-order valence-electron chi connectivity index (χ4n) is 2.22. The van der Waals surface area contributed by atoms with Crippen LogP contribution in [0.2, 0.25) is 0 Å². The standard InChI is InChI=1S/C12H15N3O5S/c16-9(14-12-13-6-10(21-12)15(18)19)7-20-11(17)5-8-3-1-2-4-8/h6,8H,1-5,7H2,(H,13,14,16). The highest BCUT2D eigenvalue weighted by Gasteiger charge is 2.20. The minimum Gasteiger partial charge on any atom is -0.456 e. The molecule has 0 atom stereocenters. The average Bonchev–Trinajstić information content (AvgIpc) is 3.08. The molecule has 0 aliphatic heterocycles. The maximum atomic E-state index is 11.5. The van der Waals surface area contributed by atoms with E-state index in [2.05, 4.69) is 10.3 Å². The number of nitrogens with zero attached hydrogens (tertiary/aromatic N) is 2. The molecule has 0 radical (unpaired) electrons. The van der Waals surface area contributed by atoms with E-state index < -0.39 is 17.4 Å². The zero-order valence-electron chi connectivity index (χ0n) is 11.2. The van der Waals surface area contributed by atoms with Crippen LogP contribution in [0.3, 0.4) is 0 Å². The second-order valence-electron chi connectivity index (χ2n) is 4.82. The molecule has 1 saturated carbocycles. The second-order valence-corrected chi connectivity index (χ2v) is 5.83. The van der Waals surface area contributed by atoms with Crippen LogP contribution in [0, 0.1) is 16.0 Å². The van der Waals surface area contributed by atoms with Crippen molar-refractivity contribution in [3.8, 4) is 0 Å². The molecule has 114 valence electrons. The molecule has 1 aromatic rings. The Balaban J connectivity index is 1.71. The van der Waals surface area contributed by atoms with Crippen molar-refractivity contribution in [2.45, 2.75) is 32.1 Å². The van der Waals surface area contributed by atoms with Crippen LogP contribution >= 0.6 is 11.3 Å². The quantitative estimate of drug-likeness (QED) is 0.489. The number of esters is 1. The van der Waals surface area contributed by atoms with Crippen molar-refractivity contribution in [1.29, 1.82) is 0 Å². The molecular formula is C12H15N3O5S. The number of amides is 1. The van der Waals surface area contributed by atoms with Crippen LogP contribution < -0.4 is 5.32 Å². The van der Waals surface area contributed by atoms with Gasteiger partial charge in [-0.05, 0) is 30.1 Å². The van der Waals surface area contributed by atoms with Gasteiger partial charge in [0.2, 0.25) is 0 Å². The van der Waals surface area contributed by atoms with E-state index in [-0.39, 0.29) is 16.1 Å². The van der Waals surface area contributed by atoms with E-state index in [4.69, 9.17) is 4.74 Å². The first-order valence-electron chi connectivity index (χ1n) is 6.60. The first-order chi connectivity index (χ1) is 10.0. The minimum atomic E-state index is -0.588. The molecule has 1 heterocycles. The highest BCUT2D eigenvalue weighted by Crippen LogP contribution is 2.27. The molecule has 8 nitrogen and oxygen atoms in total. The third kappa shape index (κ3) is 4.78. The van der Waals surface area contributed by atoms with E-state index in [0.29, 0.717) is 12.3 Å². The normalized spacial score (nSPS) is 14.9. The molecule has 0 spiro atoms. The lowest BCUT2D eigenvalue weighted by Gasteiger charge is -2.08. The van der Waals surface area contributed by atoms with E-state index in [9.17, 15) is 19.7 Å². The molecule has 1 amide bonds. The molecule has 1 aromatic heterocycles. The lowest BCUT2D eigenvalue weighted by Crippen LogP contribution is -2.21. The van der Waals surface area contributed by atoms with Crippen molar-refractivity contribution in [2.75, 3.05) is 11.9 Å². The number of thiazole rings is 1. The number of carbonyl (C=O) groups excluding carboxylic acids is 2. The van der Waals surface area contributed by atoms with Crippen molar-refractivity contribution < 1.29 is 19.2 Å². The van der Waals surface area contributed by atoms with Gasteiger partial charge in [0.15, 0.2) is 11.7 Å². The second kappa shape index (κ2) is 7.11. The molecule has 2 rings (SSSR count). The van der Waals surface area contributed by atoms with Crippen LogP contribution in [0.1, 0.15) is 32.1 Å². The summed E-state index contributed by atoms with van der Waals surface area (Å²) in [4.78, 5) is 36.7. The minimum absolute atomic E-state index is 0.110. The van der Waals surface area contributed by atoms with E-state index in [1.807, 2.05) is 0 Å². The number of hydrogen-bond acceptors (Lipinski definition) is 7. The van der Waals surface area contributed by atoms with Gasteiger partial charge in [-0.25, -0.2) is 4.98 Å². The third-order valence-electron chi connectivity index (χ3n) is 3.21. The number of ether oxygens (including phenoxy) is 1. The Bertz CT molecular complexity index is 539.